The van der Waals surface area contributed by atoms with E-state index in [-0.39, 0.29) is 5.82 Å². The van der Waals surface area contributed by atoms with Crippen LogP contribution in [0, 0.1) is 5.82 Å². The van der Waals surface area contributed by atoms with E-state index < -0.39 is 0 Å². The van der Waals surface area contributed by atoms with E-state index in [4.69, 9.17) is 0 Å². The largest absolute Gasteiger partial charge is 0.0212 e. The van der Waals surface area contributed by atoms with Gasteiger partial charge in [-0.1, -0.05) is 12.1 Å². The summed E-state index contributed by atoms with van der Waals surface area (Å²) in [5.41, 5.74) is 3.75. The molecule has 0 aliphatic rings. The molecule has 0 fully saturated rings. The molecule has 5 nitrogen and oxygen atoms in total. The summed E-state index contributed by atoms with van der Waals surface area (Å²) in [6.07, 6.45) is 3.41. The molecule has 0 amide bonds. The minimum atomic E-state index is -0.234. The number of nitrogens with one attached hydrogen (secondary N) is 1. The minimum absolute atomic E-state index is 0.234. The van der Waals surface area contributed by atoms with Gasteiger partial charge in [0.2, 0.25) is 0 Å². The summed E-state index contributed by atoms with van der Waals surface area (Å²) in [7, 11) is 0. The number of hydrogen-bond donors (Lipinski definition) is 1. The van der Waals surface area contributed by atoms with Crippen molar-refractivity contribution in [3.63, 3.8) is 0 Å². The monoisotopic (exact) mass is 453 g/mol. The summed E-state index contributed by atoms with van der Waals surface area (Å²) in [5, 5.41) is 9.94. The fourth-order valence-electron chi connectivity index (χ4n) is 3.51. The molecular formula is C22H15FN5Rb. The molecule has 0 radical (unpaired) electrons. The van der Waals surface area contributed by atoms with Gasteiger partial charge < -0.3 is 0 Å². The van der Waals surface area contributed by atoms with Gasteiger partial charge in [-0.25, -0.2) is 4.39 Å². The maximum atomic E-state index is 13.5. The number of fused-ring (bicyclic) bond motifs is 2. The smallest absolute Gasteiger partial charge is 0.0212 e. The van der Waals surface area contributed by atoms with Gasteiger partial charge in [0, 0.05) is 0 Å². The number of hydrogen-bond acceptors (Lipinski definition) is 4. The molecule has 2 aromatic heterocycles. The molecule has 0 bridgehead atoms. The molecule has 7 heteroatoms. The Labute approximate surface area is 205 Å². The fraction of sp³-hybridized carbons (Fsp3) is 0.0455. The quantitative estimate of drug-likeness (QED) is 0.451. The fourth-order valence-corrected chi connectivity index (χ4v) is 4.63. The van der Waals surface area contributed by atoms with Gasteiger partial charge in [0.15, 0.2) is 0 Å². The van der Waals surface area contributed by atoms with Gasteiger partial charge in [-0.05, 0) is 12.1 Å². The van der Waals surface area contributed by atoms with Gasteiger partial charge in [-0.2, -0.15) is 0 Å². The van der Waals surface area contributed by atoms with Crippen LogP contribution in [0.4, 0.5) is 15.9 Å². The second-order valence-corrected chi connectivity index (χ2v) is 9.91. The van der Waals surface area contributed by atoms with Crippen LogP contribution in [0.1, 0.15) is 5.56 Å². The molecule has 0 atom stereocenters. The zero-order valence-corrected chi connectivity index (χ0v) is 20.7. The van der Waals surface area contributed by atoms with Gasteiger partial charge in [-0.3, -0.25) is 0 Å². The number of anilines is 2. The Kier molecular flexibility index (Phi) is 5.26. The second kappa shape index (κ2) is 8.03. The first-order valence-electron chi connectivity index (χ1n) is 9.34. The van der Waals surface area contributed by atoms with Crippen molar-refractivity contribution in [2.24, 2.45) is 0 Å². The third kappa shape index (κ3) is 4.03. The Hall–Kier alpha value is -1.99. The molecule has 0 saturated heterocycles. The SMILES string of the molecule is Fc1cccc(Cn2ncc3cc(Nc4ncnc5cc[c]([Rb])cc45)ccc32)c1. The first-order chi connectivity index (χ1) is 14.2. The molecule has 1 N–H and O–H groups in total. The predicted octanol–water partition coefficient (Wildman–Crippen LogP) is 3.70. The van der Waals surface area contributed by atoms with Crippen molar-refractivity contribution >= 4 is 87.5 Å². The van der Waals surface area contributed by atoms with E-state index in [2.05, 4.69) is 32.5 Å². The molecule has 0 saturated carbocycles. The van der Waals surface area contributed by atoms with Crippen LogP contribution >= 0.6 is 0 Å². The first-order valence-corrected chi connectivity index (χ1v) is 11.8. The topological polar surface area (TPSA) is 55.6 Å². The number of aromatic nitrogens is 4. The number of benzene rings is 3. The third-order valence-corrected chi connectivity index (χ3v) is 6.45. The molecule has 29 heavy (non-hydrogen) atoms. The average molecular weight is 454 g/mol. The molecule has 0 spiro atoms. The second-order valence-electron chi connectivity index (χ2n) is 7.07. The Morgan fingerprint density at radius 2 is 1.93 bits per heavy atom. The molecule has 2 heterocycles. The average Bonchev–Trinajstić information content (AvgIpc) is 3.10. The number of rotatable bonds is 4. The van der Waals surface area contributed by atoms with Gasteiger partial charge in [0.05, 0.1) is 0 Å². The van der Waals surface area contributed by atoms with E-state index in [1.165, 1.54) is 10.8 Å². The zero-order valence-electron chi connectivity index (χ0n) is 15.8. The van der Waals surface area contributed by atoms with Gasteiger partial charge in [-0.15, -0.1) is 0 Å². The van der Waals surface area contributed by atoms with Crippen LogP contribution < -0.4 is 3.95 Å². The Morgan fingerprint density at radius 3 is 2.83 bits per heavy atom. The number of halogens is 1. The van der Waals surface area contributed by atoms with Crippen molar-refractivity contribution in [3.8, 4) is 0 Å². The van der Waals surface area contributed by atoms with Crippen molar-refractivity contribution in [1.29, 1.82) is 0 Å². The maximum Gasteiger partial charge on any atom is -0.0212 e. The van der Waals surface area contributed by atoms with Gasteiger partial charge in [0.1, 0.15) is 5.82 Å². The van der Waals surface area contributed by atoms with Crippen LogP contribution in [-0.4, -0.2) is 75.3 Å². The molecule has 0 aliphatic heterocycles. The summed E-state index contributed by atoms with van der Waals surface area (Å²) < 4.78 is 16.7. The van der Waals surface area contributed by atoms with E-state index in [0.29, 0.717) is 62.1 Å². The Bertz CT molecular complexity index is 1350. The summed E-state index contributed by atoms with van der Waals surface area (Å²) in [5.74, 6) is 0.568. The van der Waals surface area contributed by atoms with Crippen molar-refractivity contribution in [2.45, 2.75) is 6.54 Å². The third-order valence-electron chi connectivity index (χ3n) is 4.92. The van der Waals surface area contributed by atoms with Crippen LogP contribution in [-0.2, 0) is 6.54 Å². The van der Waals surface area contributed by atoms with Crippen molar-refractivity contribution in [2.75, 3.05) is 5.32 Å². The van der Waals surface area contributed by atoms with Crippen molar-refractivity contribution in [1.82, 2.24) is 19.7 Å². The summed E-state index contributed by atoms with van der Waals surface area (Å²) in [6.45, 7) is 0.524. The molecule has 0 unspecified atom stereocenters. The normalized spacial score (nSPS) is 11.3. The van der Waals surface area contributed by atoms with Crippen LogP contribution in [0.5, 0.6) is 0 Å². The Morgan fingerprint density at radius 1 is 1.00 bits per heavy atom. The molecular weight excluding hydrogens is 439 g/mol. The minimum Gasteiger partial charge on any atom is -0.0212 e. The maximum absolute atomic E-state index is 13.5. The van der Waals surface area contributed by atoms with E-state index in [9.17, 15) is 4.39 Å². The number of nitrogens with zero attached hydrogens (tertiary/aromatic N) is 4. The van der Waals surface area contributed by atoms with E-state index in [1.54, 1.807) is 12.4 Å². The van der Waals surface area contributed by atoms with Crippen molar-refractivity contribution in [3.05, 3.63) is 84.6 Å². The van der Waals surface area contributed by atoms with E-state index >= 15 is 0 Å². The van der Waals surface area contributed by atoms with Crippen molar-refractivity contribution < 1.29 is 4.39 Å². The first kappa shape index (κ1) is 19.0. The summed E-state index contributed by atoms with van der Waals surface area (Å²) >= 11 is 0.427. The van der Waals surface area contributed by atoms with Crippen LogP contribution in [0.15, 0.2) is 73.2 Å². The van der Waals surface area contributed by atoms with E-state index in [1.807, 2.05) is 41.2 Å². The molecule has 5 rings (SSSR count). The Balaban J connectivity index is 1.46. The van der Waals surface area contributed by atoms with Crippen LogP contribution in [0.25, 0.3) is 21.8 Å². The molecule has 0 aliphatic carbocycles. The van der Waals surface area contributed by atoms with E-state index in [0.717, 1.165) is 38.9 Å². The molecule has 136 valence electrons. The molecule has 3 aromatic carbocycles. The van der Waals surface area contributed by atoms with Crippen LogP contribution in [0.3, 0.4) is 0 Å². The standard InChI is InChI=1S/C22H15FN5.Rb/c23-17-5-3-4-15(10-17)13-28-21-9-8-18(11-16(21)12-26-28)27-22-19-6-1-2-7-20(19)24-14-25-22;/h2-12,14H,13H2,(H,24,25,27);. The van der Waals surface area contributed by atoms with Crippen LogP contribution in [0.2, 0.25) is 0 Å². The zero-order chi connectivity index (χ0) is 19.8. The molecule has 5 aromatic rings. The van der Waals surface area contributed by atoms with Gasteiger partial charge >= 0.3 is 174 Å². The van der Waals surface area contributed by atoms with Gasteiger partial charge in [0.25, 0.3) is 0 Å². The summed E-state index contributed by atoms with van der Waals surface area (Å²) in [6, 6.07) is 19.0. The predicted molar refractivity (Wildman–Crippen MR) is 113 cm³/mol. The summed E-state index contributed by atoms with van der Waals surface area (Å²) in [4.78, 5) is 8.79.